The van der Waals surface area contributed by atoms with Crippen LogP contribution in [0.2, 0.25) is 0 Å². The molecule has 34 heavy (non-hydrogen) atoms. The zero-order chi connectivity index (χ0) is 23.2. The van der Waals surface area contributed by atoms with Crippen LogP contribution in [0, 0.1) is 6.92 Å². The van der Waals surface area contributed by atoms with E-state index in [4.69, 9.17) is 18.7 Å². The fraction of sp³-hybridized carbons (Fsp3) is 0.321. The minimum absolute atomic E-state index is 0.162. The van der Waals surface area contributed by atoms with Crippen LogP contribution < -0.4 is 19.5 Å². The van der Waals surface area contributed by atoms with Gasteiger partial charge in [0.1, 0.15) is 30.0 Å². The van der Waals surface area contributed by atoms with Gasteiger partial charge in [-0.15, -0.1) is 0 Å². The van der Waals surface area contributed by atoms with Crippen molar-refractivity contribution in [2.45, 2.75) is 38.9 Å². The maximum Gasteiger partial charge on any atom is 0.170 e. The SMILES string of the molecule is Cc1noc2cc(OCCCNCC3CCc4ccc(OCc5ccccc5)cc4O3)ccc12. The number of nitrogens with zero attached hydrogens (tertiary/aromatic N) is 1. The van der Waals surface area contributed by atoms with Crippen LogP contribution >= 0.6 is 0 Å². The van der Waals surface area contributed by atoms with Crippen molar-refractivity contribution in [2.75, 3.05) is 19.7 Å². The van der Waals surface area contributed by atoms with Crippen LogP contribution in [0.4, 0.5) is 0 Å². The lowest BCUT2D eigenvalue weighted by Crippen LogP contribution is -2.35. The molecular formula is C28H30N2O4. The van der Waals surface area contributed by atoms with Crippen LogP contribution in [0.25, 0.3) is 11.0 Å². The molecule has 0 aliphatic carbocycles. The number of hydrogen-bond donors (Lipinski definition) is 1. The Kier molecular flexibility index (Phi) is 6.96. The molecule has 1 N–H and O–H groups in total. The summed E-state index contributed by atoms with van der Waals surface area (Å²) in [5, 5.41) is 8.51. The van der Waals surface area contributed by atoms with Gasteiger partial charge in [-0.2, -0.15) is 0 Å². The van der Waals surface area contributed by atoms with Crippen molar-refractivity contribution in [1.29, 1.82) is 0 Å². The number of nitrogens with one attached hydrogen (secondary N) is 1. The lowest BCUT2D eigenvalue weighted by atomic mass is 10.0. The van der Waals surface area contributed by atoms with E-state index < -0.39 is 0 Å². The quantitative estimate of drug-likeness (QED) is 0.318. The third-order valence-corrected chi connectivity index (χ3v) is 6.08. The van der Waals surface area contributed by atoms with E-state index in [1.807, 2.05) is 55.5 Å². The zero-order valence-electron chi connectivity index (χ0n) is 19.5. The first-order chi connectivity index (χ1) is 16.7. The molecule has 0 fully saturated rings. The molecule has 1 unspecified atom stereocenters. The van der Waals surface area contributed by atoms with Gasteiger partial charge in [-0.25, -0.2) is 0 Å². The molecule has 4 aromatic rings. The summed E-state index contributed by atoms with van der Waals surface area (Å²) in [7, 11) is 0. The number of aromatic nitrogens is 1. The summed E-state index contributed by atoms with van der Waals surface area (Å²) in [6.45, 7) is 4.82. The smallest absolute Gasteiger partial charge is 0.170 e. The van der Waals surface area contributed by atoms with Gasteiger partial charge in [-0.1, -0.05) is 41.6 Å². The van der Waals surface area contributed by atoms with Gasteiger partial charge in [0.2, 0.25) is 0 Å². The standard InChI is InChI=1S/C28H30N2O4/c1-20-26-13-12-23(17-28(26)34-30-20)31-15-5-14-29-18-25-11-9-22-8-10-24(16-27(22)33-25)32-19-21-6-3-2-4-7-21/h2-4,6-8,10,12-13,16-17,25,29H,5,9,11,14-15,18-19H2,1H3. The van der Waals surface area contributed by atoms with E-state index in [-0.39, 0.29) is 6.10 Å². The average molecular weight is 459 g/mol. The van der Waals surface area contributed by atoms with Crippen LogP contribution in [-0.2, 0) is 13.0 Å². The summed E-state index contributed by atoms with van der Waals surface area (Å²) in [4.78, 5) is 0. The molecule has 1 aromatic heterocycles. The highest BCUT2D eigenvalue weighted by molar-refractivity contribution is 5.80. The summed E-state index contributed by atoms with van der Waals surface area (Å²) < 4.78 is 23.4. The van der Waals surface area contributed by atoms with Crippen LogP contribution in [0.15, 0.2) is 71.3 Å². The monoisotopic (exact) mass is 458 g/mol. The highest BCUT2D eigenvalue weighted by atomic mass is 16.5. The number of hydrogen-bond acceptors (Lipinski definition) is 6. The van der Waals surface area contributed by atoms with Gasteiger partial charge in [0.25, 0.3) is 0 Å². The molecule has 0 radical (unpaired) electrons. The van der Waals surface area contributed by atoms with E-state index in [0.717, 1.165) is 71.8 Å². The molecule has 3 aromatic carbocycles. The molecule has 2 heterocycles. The Hall–Kier alpha value is -3.51. The van der Waals surface area contributed by atoms with Gasteiger partial charge in [-0.3, -0.25) is 0 Å². The molecule has 6 heteroatoms. The van der Waals surface area contributed by atoms with Crippen LogP contribution in [0.5, 0.6) is 17.2 Å². The Balaban J connectivity index is 1.03. The molecule has 6 nitrogen and oxygen atoms in total. The van der Waals surface area contributed by atoms with Crippen molar-refractivity contribution in [2.24, 2.45) is 0 Å². The molecule has 0 saturated heterocycles. The highest BCUT2D eigenvalue weighted by Gasteiger charge is 2.20. The van der Waals surface area contributed by atoms with Gasteiger partial charge in [0, 0.05) is 24.1 Å². The normalized spacial score (nSPS) is 15.0. The average Bonchev–Trinajstić information content (AvgIpc) is 3.25. The summed E-state index contributed by atoms with van der Waals surface area (Å²) in [6.07, 6.45) is 3.11. The topological polar surface area (TPSA) is 65.8 Å². The summed E-state index contributed by atoms with van der Waals surface area (Å²) in [6, 6.07) is 22.2. The lowest BCUT2D eigenvalue weighted by Gasteiger charge is -2.27. The molecule has 176 valence electrons. The summed E-state index contributed by atoms with van der Waals surface area (Å²) in [5.41, 5.74) is 4.06. The molecular weight excluding hydrogens is 428 g/mol. The van der Waals surface area contributed by atoms with Gasteiger partial charge in [-0.05, 0) is 62.1 Å². The zero-order valence-corrected chi connectivity index (χ0v) is 19.5. The Morgan fingerprint density at radius 3 is 2.76 bits per heavy atom. The third-order valence-electron chi connectivity index (χ3n) is 6.08. The minimum Gasteiger partial charge on any atom is -0.493 e. The third kappa shape index (κ3) is 5.51. The molecule has 0 bridgehead atoms. The second kappa shape index (κ2) is 10.6. The molecule has 1 aliphatic heterocycles. The first kappa shape index (κ1) is 22.3. The molecule has 0 amide bonds. The van der Waals surface area contributed by atoms with E-state index in [1.54, 1.807) is 0 Å². The van der Waals surface area contributed by atoms with E-state index >= 15 is 0 Å². The lowest BCUT2D eigenvalue weighted by molar-refractivity contribution is 0.168. The Labute approximate surface area is 199 Å². The number of benzene rings is 3. The first-order valence-electron chi connectivity index (χ1n) is 11.9. The van der Waals surface area contributed by atoms with E-state index in [2.05, 4.69) is 28.7 Å². The van der Waals surface area contributed by atoms with Crippen molar-refractivity contribution in [3.05, 3.63) is 83.6 Å². The Morgan fingerprint density at radius 2 is 1.85 bits per heavy atom. The Morgan fingerprint density at radius 1 is 1.00 bits per heavy atom. The number of rotatable bonds is 10. The van der Waals surface area contributed by atoms with Crippen LogP contribution in [-0.4, -0.2) is 31.0 Å². The number of ether oxygens (including phenoxy) is 3. The van der Waals surface area contributed by atoms with Crippen molar-refractivity contribution in [3.8, 4) is 17.2 Å². The van der Waals surface area contributed by atoms with Gasteiger partial charge in [0.05, 0.1) is 12.3 Å². The van der Waals surface area contributed by atoms with E-state index in [9.17, 15) is 0 Å². The maximum atomic E-state index is 6.25. The fourth-order valence-electron chi connectivity index (χ4n) is 4.16. The maximum absolute atomic E-state index is 6.25. The second-order valence-electron chi connectivity index (χ2n) is 8.65. The molecule has 0 spiro atoms. The molecule has 0 saturated carbocycles. The second-order valence-corrected chi connectivity index (χ2v) is 8.65. The largest absolute Gasteiger partial charge is 0.493 e. The summed E-state index contributed by atoms with van der Waals surface area (Å²) >= 11 is 0. The highest BCUT2D eigenvalue weighted by Crippen LogP contribution is 2.31. The number of fused-ring (bicyclic) bond motifs is 2. The van der Waals surface area contributed by atoms with Gasteiger partial charge < -0.3 is 24.1 Å². The van der Waals surface area contributed by atoms with Crippen LogP contribution in [0.3, 0.4) is 0 Å². The predicted octanol–water partition coefficient (Wildman–Crippen LogP) is 5.47. The first-order valence-corrected chi connectivity index (χ1v) is 11.9. The van der Waals surface area contributed by atoms with Crippen LogP contribution in [0.1, 0.15) is 29.7 Å². The van der Waals surface area contributed by atoms with E-state index in [1.165, 1.54) is 5.56 Å². The van der Waals surface area contributed by atoms with Crippen molar-refractivity contribution in [3.63, 3.8) is 0 Å². The fourth-order valence-corrected chi connectivity index (χ4v) is 4.16. The van der Waals surface area contributed by atoms with Crippen molar-refractivity contribution >= 4 is 11.0 Å². The van der Waals surface area contributed by atoms with Crippen molar-refractivity contribution < 1.29 is 18.7 Å². The molecule has 1 aliphatic rings. The summed E-state index contributed by atoms with van der Waals surface area (Å²) in [5.74, 6) is 2.58. The van der Waals surface area contributed by atoms with Gasteiger partial charge >= 0.3 is 0 Å². The van der Waals surface area contributed by atoms with Gasteiger partial charge in [0.15, 0.2) is 5.58 Å². The molecule has 5 rings (SSSR count). The number of aryl methyl sites for hydroxylation is 2. The minimum atomic E-state index is 0.162. The predicted molar refractivity (Wildman–Crippen MR) is 132 cm³/mol. The Bertz CT molecular complexity index is 1220. The van der Waals surface area contributed by atoms with E-state index in [0.29, 0.717) is 13.2 Å². The molecule has 1 atom stereocenters. The van der Waals surface area contributed by atoms with Crippen molar-refractivity contribution in [1.82, 2.24) is 10.5 Å².